The number of nitrogens with two attached hydrogens (primary N) is 1. The molecule has 0 unspecified atom stereocenters. The molecular formula is C13H17N3O. The smallest absolute Gasteiger partial charge is 0.156 e. The zero-order valence-corrected chi connectivity index (χ0v) is 10.2. The van der Waals surface area contributed by atoms with Crippen LogP contribution in [0, 0.1) is 6.92 Å². The fraction of sp³-hybridized carbons (Fsp3) is 0.308. The van der Waals surface area contributed by atoms with Crippen molar-refractivity contribution in [3.63, 3.8) is 0 Å². The second kappa shape index (κ2) is 5.01. The van der Waals surface area contributed by atoms with Crippen molar-refractivity contribution in [1.82, 2.24) is 5.16 Å². The van der Waals surface area contributed by atoms with E-state index in [4.69, 9.17) is 10.3 Å². The molecule has 0 atom stereocenters. The maximum absolute atomic E-state index is 5.49. The quantitative estimate of drug-likeness (QED) is 0.875. The largest absolute Gasteiger partial charge is 0.367 e. The first-order valence-electron chi connectivity index (χ1n) is 5.62. The van der Waals surface area contributed by atoms with Crippen molar-refractivity contribution in [2.75, 3.05) is 11.9 Å². The first kappa shape index (κ1) is 11.7. The molecule has 0 saturated heterocycles. The normalized spacial score (nSPS) is 10.5. The maximum Gasteiger partial charge on any atom is 0.156 e. The molecule has 0 bridgehead atoms. The summed E-state index contributed by atoms with van der Waals surface area (Å²) in [5, 5.41) is 3.88. The Morgan fingerprint density at radius 1 is 1.35 bits per heavy atom. The highest BCUT2D eigenvalue weighted by molar-refractivity contribution is 5.52. The molecule has 17 heavy (non-hydrogen) atoms. The third-order valence-electron chi connectivity index (χ3n) is 2.74. The summed E-state index contributed by atoms with van der Waals surface area (Å²) < 4.78 is 5.22. The van der Waals surface area contributed by atoms with Crippen LogP contribution < -0.4 is 10.6 Å². The maximum atomic E-state index is 5.49. The molecule has 4 heteroatoms. The van der Waals surface area contributed by atoms with E-state index in [1.165, 1.54) is 11.3 Å². The van der Waals surface area contributed by atoms with Gasteiger partial charge < -0.3 is 15.2 Å². The van der Waals surface area contributed by atoms with Gasteiger partial charge in [-0.2, -0.15) is 0 Å². The van der Waals surface area contributed by atoms with Gasteiger partial charge >= 0.3 is 0 Å². The zero-order valence-electron chi connectivity index (χ0n) is 10.2. The van der Waals surface area contributed by atoms with Crippen LogP contribution in [0.15, 0.2) is 34.9 Å². The van der Waals surface area contributed by atoms with E-state index in [1.54, 1.807) is 0 Å². The molecule has 2 rings (SSSR count). The van der Waals surface area contributed by atoms with Crippen LogP contribution in [0.1, 0.15) is 17.0 Å². The van der Waals surface area contributed by atoms with Crippen molar-refractivity contribution in [2.45, 2.75) is 20.0 Å². The van der Waals surface area contributed by atoms with Gasteiger partial charge in [-0.1, -0.05) is 23.4 Å². The molecule has 0 fully saturated rings. The number of para-hydroxylation sites is 1. The number of benzene rings is 1. The lowest BCUT2D eigenvalue weighted by molar-refractivity contribution is 0.377. The second-order valence-corrected chi connectivity index (χ2v) is 4.13. The second-order valence-electron chi connectivity index (χ2n) is 4.13. The van der Waals surface area contributed by atoms with E-state index >= 15 is 0 Å². The van der Waals surface area contributed by atoms with Crippen molar-refractivity contribution in [2.24, 2.45) is 5.73 Å². The molecule has 4 nitrogen and oxygen atoms in total. The molecule has 1 heterocycles. The minimum absolute atomic E-state index is 0.414. The fourth-order valence-corrected chi connectivity index (χ4v) is 1.84. The van der Waals surface area contributed by atoms with Gasteiger partial charge in [0.15, 0.2) is 5.76 Å². The van der Waals surface area contributed by atoms with E-state index in [0.29, 0.717) is 13.1 Å². The van der Waals surface area contributed by atoms with E-state index in [-0.39, 0.29) is 0 Å². The number of anilines is 1. The SMILES string of the molecule is Cc1ccccc1N(C)Cc1cc(CN)no1. The molecule has 1 aromatic heterocycles. The molecule has 0 radical (unpaired) electrons. The fourth-order valence-electron chi connectivity index (χ4n) is 1.84. The molecule has 0 amide bonds. The van der Waals surface area contributed by atoms with Crippen LogP contribution in [0.2, 0.25) is 0 Å². The molecule has 0 saturated carbocycles. The molecule has 0 aliphatic heterocycles. The third-order valence-corrected chi connectivity index (χ3v) is 2.74. The Morgan fingerprint density at radius 3 is 2.76 bits per heavy atom. The van der Waals surface area contributed by atoms with Gasteiger partial charge in [-0.15, -0.1) is 0 Å². The summed E-state index contributed by atoms with van der Waals surface area (Å²) in [5.41, 5.74) is 8.72. The monoisotopic (exact) mass is 231 g/mol. The number of hydrogen-bond acceptors (Lipinski definition) is 4. The molecule has 1 aromatic carbocycles. The van der Waals surface area contributed by atoms with Crippen LogP contribution in [0.3, 0.4) is 0 Å². The number of rotatable bonds is 4. The van der Waals surface area contributed by atoms with E-state index in [2.05, 4.69) is 29.1 Å². The average molecular weight is 231 g/mol. The Bertz CT molecular complexity index is 493. The zero-order chi connectivity index (χ0) is 12.3. The molecule has 0 aliphatic rings. The van der Waals surface area contributed by atoms with Gasteiger partial charge in [-0.25, -0.2) is 0 Å². The average Bonchev–Trinajstić information content (AvgIpc) is 2.77. The van der Waals surface area contributed by atoms with Crippen LogP contribution in [0.25, 0.3) is 0 Å². The van der Waals surface area contributed by atoms with Gasteiger partial charge in [0, 0.05) is 25.3 Å². The van der Waals surface area contributed by atoms with Crippen molar-refractivity contribution >= 4 is 5.69 Å². The summed E-state index contributed by atoms with van der Waals surface area (Å²) in [4.78, 5) is 2.14. The van der Waals surface area contributed by atoms with Crippen LogP contribution in [0.5, 0.6) is 0 Å². The summed E-state index contributed by atoms with van der Waals surface area (Å²) in [6.07, 6.45) is 0. The lowest BCUT2D eigenvalue weighted by atomic mass is 10.2. The predicted molar refractivity (Wildman–Crippen MR) is 67.7 cm³/mol. The van der Waals surface area contributed by atoms with Crippen molar-refractivity contribution < 1.29 is 4.52 Å². The van der Waals surface area contributed by atoms with Crippen molar-refractivity contribution in [3.05, 3.63) is 47.3 Å². The Hall–Kier alpha value is -1.81. The molecule has 2 aromatic rings. The Morgan fingerprint density at radius 2 is 2.12 bits per heavy atom. The number of aromatic nitrogens is 1. The highest BCUT2D eigenvalue weighted by Gasteiger charge is 2.08. The van der Waals surface area contributed by atoms with E-state index < -0.39 is 0 Å². The minimum atomic E-state index is 0.414. The van der Waals surface area contributed by atoms with Gasteiger partial charge in [0.25, 0.3) is 0 Å². The van der Waals surface area contributed by atoms with E-state index in [0.717, 1.165) is 11.5 Å². The summed E-state index contributed by atoms with van der Waals surface area (Å²) in [6.45, 7) is 3.20. The first-order chi connectivity index (χ1) is 8.20. The molecule has 90 valence electrons. The van der Waals surface area contributed by atoms with Crippen molar-refractivity contribution in [3.8, 4) is 0 Å². The van der Waals surface area contributed by atoms with Crippen LogP contribution in [-0.4, -0.2) is 12.2 Å². The third kappa shape index (κ3) is 2.65. The van der Waals surface area contributed by atoms with Crippen molar-refractivity contribution in [1.29, 1.82) is 0 Å². The number of aryl methyl sites for hydroxylation is 1. The molecule has 0 aliphatic carbocycles. The lowest BCUT2D eigenvalue weighted by Gasteiger charge is -2.19. The molecule has 0 spiro atoms. The highest BCUT2D eigenvalue weighted by atomic mass is 16.5. The van der Waals surface area contributed by atoms with Gasteiger partial charge in [0.05, 0.1) is 12.2 Å². The van der Waals surface area contributed by atoms with Gasteiger partial charge in [-0.05, 0) is 18.6 Å². The molecule has 2 N–H and O–H groups in total. The minimum Gasteiger partial charge on any atom is -0.367 e. The lowest BCUT2D eigenvalue weighted by Crippen LogP contribution is -2.16. The Labute approximate surface area is 101 Å². The predicted octanol–water partition coefficient (Wildman–Crippen LogP) is 2.08. The summed E-state index contributed by atoms with van der Waals surface area (Å²) in [5.74, 6) is 0.830. The van der Waals surface area contributed by atoms with Gasteiger partial charge in [0.1, 0.15) is 0 Å². The highest BCUT2D eigenvalue weighted by Crippen LogP contribution is 2.20. The topological polar surface area (TPSA) is 55.3 Å². The number of nitrogens with zero attached hydrogens (tertiary/aromatic N) is 2. The van der Waals surface area contributed by atoms with Crippen LogP contribution in [-0.2, 0) is 13.1 Å². The molecular weight excluding hydrogens is 214 g/mol. The Kier molecular flexibility index (Phi) is 3.44. The van der Waals surface area contributed by atoms with E-state index in [1.807, 2.05) is 25.2 Å². The number of hydrogen-bond donors (Lipinski definition) is 1. The standard InChI is InChI=1S/C13H17N3O/c1-10-5-3-4-6-13(10)16(2)9-12-7-11(8-14)15-17-12/h3-7H,8-9,14H2,1-2H3. The summed E-state index contributed by atoms with van der Waals surface area (Å²) in [7, 11) is 2.03. The Balaban J connectivity index is 2.11. The van der Waals surface area contributed by atoms with Gasteiger partial charge in [-0.3, -0.25) is 0 Å². The van der Waals surface area contributed by atoms with E-state index in [9.17, 15) is 0 Å². The summed E-state index contributed by atoms with van der Waals surface area (Å²) in [6, 6.07) is 10.2. The van der Waals surface area contributed by atoms with Gasteiger partial charge in [0.2, 0.25) is 0 Å². The van der Waals surface area contributed by atoms with Crippen LogP contribution in [0.4, 0.5) is 5.69 Å². The first-order valence-corrected chi connectivity index (χ1v) is 5.62. The van der Waals surface area contributed by atoms with Crippen LogP contribution >= 0.6 is 0 Å². The summed E-state index contributed by atoms with van der Waals surface area (Å²) >= 11 is 0.